The van der Waals surface area contributed by atoms with Gasteiger partial charge in [0.25, 0.3) is 0 Å². The Bertz CT molecular complexity index is 302. The lowest BCUT2D eigenvalue weighted by Gasteiger charge is -2.32. The molecule has 0 spiro atoms. The molecule has 0 radical (unpaired) electrons. The summed E-state index contributed by atoms with van der Waals surface area (Å²) in [6.07, 6.45) is -3.05. The minimum Gasteiger partial charge on any atom is -0.480 e. The van der Waals surface area contributed by atoms with E-state index in [4.69, 9.17) is 0 Å². The van der Waals surface area contributed by atoms with Gasteiger partial charge in [0.15, 0.2) is 0 Å². The summed E-state index contributed by atoms with van der Waals surface area (Å²) < 4.78 is 40.6. The van der Waals surface area contributed by atoms with E-state index in [9.17, 15) is 23.1 Å². The predicted octanol–water partition coefficient (Wildman–Crippen LogP) is 1.80. The lowest BCUT2D eigenvalue weighted by molar-refractivity contribution is -0.183. The monoisotopic (exact) mass is 269 g/mol. The van der Waals surface area contributed by atoms with Gasteiger partial charge in [-0.2, -0.15) is 13.2 Å². The highest BCUT2D eigenvalue weighted by molar-refractivity contribution is 5.80. The van der Waals surface area contributed by atoms with Gasteiger partial charge in [-0.3, -0.25) is 10.1 Å². The molecule has 1 atom stereocenters. The van der Waals surface area contributed by atoms with Crippen molar-refractivity contribution < 1.29 is 27.8 Å². The van der Waals surface area contributed by atoms with Crippen molar-refractivity contribution in [3.63, 3.8) is 0 Å². The van der Waals surface area contributed by atoms with Gasteiger partial charge < -0.3 is 9.84 Å². The van der Waals surface area contributed by atoms with Crippen LogP contribution in [0.4, 0.5) is 13.2 Å². The standard InChI is InChI=1S/C11H18F3NO3/c1-7(2)15-10(9(16)17,8-3-4-8)5-18-6-11(12,13)14/h7-8,15H,3-6H2,1-2H3,(H,16,17). The van der Waals surface area contributed by atoms with E-state index >= 15 is 0 Å². The van der Waals surface area contributed by atoms with Crippen LogP contribution in [-0.2, 0) is 9.53 Å². The topological polar surface area (TPSA) is 58.6 Å². The third-order valence-corrected chi connectivity index (χ3v) is 2.80. The molecule has 2 N–H and O–H groups in total. The molecule has 1 fully saturated rings. The Morgan fingerprint density at radius 3 is 2.28 bits per heavy atom. The summed E-state index contributed by atoms with van der Waals surface area (Å²) in [7, 11) is 0. The summed E-state index contributed by atoms with van der Waals surface area (Å²) in [6.45, 7) is 1.62. The number of carboxylic acids is 1. The normalized spacial score (nSPS) is 19.9. The van der Waals surface area contributed by atoms with E-state index in [0.717, 1.165) is 0 Å². The maximum Gasteiger partial charge on any atom is 0.411 e. The number of alkyl halides is 3. The molecule has 0 aromatic carbocycles. The van der Waals surface area contributed by atoms with E-state index in [-0.39, 0.29) is 12.0 Å². The highest BCUT2D eigenvalue weighted by Gasteiger charge is 2.52. The summed E-state index contributed by atoms with van der Waals surface area (Å²) in [5.74, 6) is -1.31. The lowest BCUT2D eigenvalue weighted by Crippen LogP contribution is -2.60. The van der Waals surface area contributed by atoms with E-state index in [2.05, 4.69) is 10.1 Å². The van der Waals surface area contributed by atoms with Crippen LogP contribution < -0.4 is 5.32 Å². The number of nitrogens with one attached hydrogen (secondary N) is 1. The third-order valence-electron chi connectivity index (χ3n) is 2.80. The van der Waals surface area contributed by atoms with Gasteiger partial charge in [-0.1, -0.05) is 0 Å². The Morgan fingerprint density at radius 1 is 1.39 bits per heavy atom. The average Bonchev–Trinajstić information content (AvgIpc) is 2.95. The molecular weight excluding hydrogens is 251 g/mol. The van der Waals surface area contributed by atoms with Crippen molar-refractivity contribution in [2.45, 2.75) is 44.4 Å². The van der Waals surface area contributed by atoms with E-state index in [1.807, 2.05) is 0 Å². The first-order chi connectivity index (χ1) is 8.17. The van der Waals surface area contributed by atoms with Crippen molar-refractivity contribution in [1.29, 1.82) is 0 Å². The molecule has 7 heteroatoms. The fourth-order valence-electron chi connectivity index (χ4n) is 1.99. The van der Waals surface area contributed by atoms with Crippen molar-refractivity contribution in [1.82, 2.24) is 5.32 Å². The SMILES string of the molecule is CC(C)NC(COCC(F)(F)F)(C(=O)O)C1CC1. The van der Waals surface area contributed by atoms with Gasteiger partial charge in [0.05, 0.1) is 6.61 Å². The van der Waals surface area contributed by atoms with Gasteiger partial charge in [-0.05, 0) is 32.6 Å². The fraction of sp³-hybridized carbons (Fsp3) is 0.909. The molecule has 0 aromatic heterocycles. The number of carboxylic acid groups (broad SMARTS) is 1. The summed E-state index contributed by atoms with van der Waals surface area (Å²) >= 11 is 0. The summed E-state index contributed by atoms with van der Waals surface area (Å²) in [6, 6.07) is -0.142. The molecule has 1 unspecified atom stereocenters. The molecule has 4 nitrogen and oxygen atoms in total. The van der Waals surface area contributed by atoms with Crippen LogP contribution in [-0.4, -0.2) is 42.0 Å². The zero-order chi connectivity index (χ0) is 14.0. The van der Waals surface area contributed by atoms with Gasteiger partial charge >= 0.3 is 12.1 Å². The maximum absolute atomic E-state index is 12.0. The van der Waals surface area contributed by atoms with Crippen molar-refractivity contribution in [3.8, 4) is 0 Å². The molecule has 0 aromatic rings. The van der Waals surface area contributed by atoms with Crippen molar-refractivity contribution in [2.24, 2.45) is 5.92 Å². The van der Waals surface area contributed by atoms with E-state index in [1.54, 1.807) is 13.8 Å². The number of hydrogen-bond acceptors (Lipinski definition) is 3. The molecule has 1 aliphatic carbocycles. The molecule has 1 rings (SSSR count). The number of carbonyl (C=O) groups is 1. The zero-order valence-corrected chi connectivity index (χ0v) is 10.4. The van der Waals surface area contributed by atoms with E-state index in [0.29, 0.717) is 12.8 Å². The molecule has 0 bridgehead atoms. The molecule has 1 saturated carbocycles. The van der Waals surface area contributed by atoms with Crippen LogP contribution in [0.1, 0.15) is 26.7 Å². The fourth-order valence-corrected chi connectivity index (χ4v) is 1.99. The van der Waals surface area contributed by atoms with Gasteiger partial charge in [0, 0.05) is 6.04 Å². The van der Waals surface area contributed by atoms with Crippen LogP contribution in [0.3, 0.4) is 0 Å². The second-order valence-corrected chi connectivity index (χ2v) is 4.96. The summed E-state index contributed by atoms with van der Waals surface area (Å²) in [4.78, 5) is 11.4. The van der Waals surface area contributed by atoms with Crippen LogP contribution in [0.15, 0.2) is 0 Å². The number of halogens is 3. The first-order valence-corrected chi connectivity index (χ1v) is 5.83. The highest BCUT2D eigenvalue weighted by Crippen LogP contribution is 2.40. The Kier molecular flexibility index (Phi) is 4.61. The van der Waals surface area contributed by atoms with Crippen molar-refractivity contribution in [2.75, 3.05) is 13.2 Å². The number of aliphatic carboxylic acids is 1. The van der Waals surface area contributed by atoms with Crippen LogP contribution in [0, 0.1) is 5.92 Å². The molecule has 0 saturated heterocycles. The summed E-state index contributed by atoms with van der Waals surface area (Å²) in [5.41, 5.74) is -1.40. The van der Waals surface area contributed by atoms with Gasteiger partial charge in [-0.15, -0.1) is 0 Å². The Labute approximate surface area is 103 Å². The lowest BCUT2D eigenvalue weighted by atomic mass is 9.93. The van der Waals surface area contributed by atoms with Crippen LogP contribution in [0.2, 0.25) is 0 Å². The summed E-state index contributed by atoms with van der Waals surface area (Å²) in [5, 5.41) is 12.1. The quantitative estimate of drug-likeness (QED) is 0.740. The second kappa shape index (κ2) is 5.44. The van der Waals surface area contributed by atoms with Crippen LogP contribution in [0.25, 0.3) is 0 Å². The minimum atomic E-state index is -4.44. The molecule has 0 heterocycles. The predicted molar refractivity (Wildman–Crippen MR) is 58.2 cm³/mol. The number of hydrogen-bond donors (Lipinski definition) is 2. The molecular formula is C11H18F3NO3. The van der Waals surface area contributed by atoms with E-state index in [1.165, 1.54) is 0 Å². The highest BCUT2D eigenvalue weighted by atomic mass is 19.4. The Morgan fingerprint density at radius 2 is 1.94 bits per heavy atom. The molecule has 0 aliphatic heterocycles. The molecule has 0 amide bonds. The van der Waals surface area contributed by atoms with Crippen molar-refractivity contribution in [3.05, 3.63) is 0 Å². The van der Waals surface area contributed by atoms with E-state index < -0.39 is 30.9 Å². The van der Waals surface area contributed by atoms with Gasteiger partial charge in [-0.25, -0.2) is 0 Å². The number of rotatable bonds is 7. The van der Waals surface area contributed by atoms with Crippen LogP contribution in [0.5, 0.6) is 0 Å². The second-order valence-electron chi connectivity index (χ2n) is 4.96. The number of ether oxygens (including phenoxy) is 1. The molecule has 1 aliphatic rings. The average molecular weight is 269 g/mol. The smallest absolute Gasteiger partial charge is 0.411 e. The zero-order valence-electron chi connectivity index (χ0n) is 10.4. The molecule has 106 valence electrons. The Balaban J connectivity index is 2.67. The Hall–Kier alpha value is -0.820. The van der Waals surface area contributed by atoms with Crippen molar-refractivity contribution >= 4 is 5.97 Å². The van der Waals surface area contributed by atoms with Gasteiger partial charge in [0.2, 0.25) is 0 Å². The van der Waals surface area contributed by atoms with Gasteiger partial charge in [0.1, 0.15) is 12.1 Å². The van der Waals surface area contributed by atoms with Crippen LogP contribution >= 0.6 is 0 Å². The largest absolute Gasteiger partial charge is 0.480 e. The maximum atomic E-state index is 12.0. The minimum absolute atomic E-state index is 0.142. The first-order valence-electron chi connectivity index (χ1n) is 5.83. The first kappa shape index (κ1) is 15.2. The third kappa shape index (κ3) is 4.13. The molecule has 18 heavy (non-hydrogen) atoms.